The lowest BCUT2D eigenvalue weighted by molar-refractivity contribution is 0.0112. The number of hydrogen-bond donors (Lipinski definition) is 1. The Morgan fingerprint density at radius 1 is 1.28 bits per heavy atom. The minimum Gasteiger partial charge on any atom is -0.493 e. The number of nitrogens with one attached hydrogen (secondary N) is 1. The molecule has 0 spiro atoms. The fourth-order valence-corrected chi connectivity index (χ4v) is 4.02. The molecule has 0 amide bonds. The van der Waals surface area contributed by atoms with Crippen LogP contribution in [0.25, 0.3) is 22.3 Å². The van der Waals surface area contributed by atoms with Crippen LogP contribution in [0.5, 0.6) is 17.5 Å². The molecule has 0 radical (unpaired) electrons. The van der Waals surface area contributed by atoms with Gasteiger partial charge in [-0.2, -0.15) is 15.2 Å². The van der Waals surface area contributed by atoms with E-state index in [1.165, 1.54) is 20.4 Å². The number of aromatic amines is 1. The number of alkyl halides is 2. The summed E-state index contributed by atoms with van der Waals surface area (Å²) in [5.74, 6) is -1.89. The number of aromatic nitrogens is 3. The van der Waals surface area contributed by atoms with Gasteiger partial charge in [0.1, 0.15) is 18.3 Å². The number of methoxy groups -OCH3 is 2. The normalized spacial score (nSPS) is 15.6. The van der Waals surface area contributed by atoms with Crippen LogP contribution in [0.2, 0.25) is 5.02 Å². The quantitative estimate of drug-likeness (QED) is 0.567. The third kappa shape index (κ3) is 4.13. The highest BCUT2D eigenvalue weighted by atomic mass is 35.5. The van der Waals surface area contributed by atoms with Gasteiger partial charge in [0.15, 0.2) is 11.5 Å². The molecule has 168 valence electrons. The fourth-order valence-electron chi connectivity index (χ4n) is 3.70. The highest BCUT2D eigenvalue weighted by Gasteiger charge is 2.37. The van der Waals surface area contributed by atoms with Crippen LogP contribution in [0, 0.1) is 11.3 Å². The number of benzene rings is 1. The Kier molecular flexibility index (Phi) is 6.04. The van der Waals surface area contributed by atoms with E-state index in [9.17, 15) is 14.0 Å². The Balaban J connectivity index is 1.69. The van der Waals surface area contributed by atoms with Crippen molar-refractivity contribution in [2.45, 2.75) is 12.3 Å². The summed E-state index contributed by atoms with van der Waals surface area (Å²) in [6.07, 6.45) is 1.37. The molecule has 1 aliphatic rings. The fraction of sp³-hybridized carbons (Fsp3) is 0.381. The van der Waals surface area contributed by atoms with E-state index < -0.39 is 5.92 Å². The zero-order valence-electron chi connectivity index (χ0n) is 17.4. The average molecular weight is 464 g/mol. The first kappa shape index (κ1) is 22.0. The van der Waals surface area contributed by atoms with Crippen LogP contribution in [-0.2, 0) is 0 Å². The van der Waals surface area contributed by atoms with Gasteiger partial charge in [0.2, 0.25) is 0 Å². The van der Waals surface area contributed by atoms with Gasteiger partial charge < -0.3 is 19.2 Å². The molecule has 1 fully saturated rings. The highest BCUT2D eigenvalue weighted by molar-refractivity contribution is 6.35. The second-order valence-electron chi connectivity index (χ2n) is 7.29. The lowest BCUT2D eigenvalue weighted by atomic mass is 10.1. The average Bonchev–Trinajstić information content (AvgIpc) is 3.35. The van der Waals surface area contributed by atoms with E-state index in [4.69, 9.17) is 25.8 Å². The number of nitriles is 1. The van der Waals surface area contributed by atoms with E-state index >= 15 is 0 Å². The van der Waals surface area contributed by atoms with E-state index in [0.717, 1.165) is 0 Å². The van der Waals surface area contributed by atoms with Crippen LogP contribution in [-0.4, -0.2) is 66.2 Å². The molecule has 0 aliphatic carbocycles. The van der Waals surface area contributed by atoms with Crippen molar-refractivity contribution in [1.29, 1.82) is 5.26 Å². The molecule has 0 atom stereocenters. The summed E-state index contributed by atoms with van der Waals surface area (Å²) in [6, 6.07) is 5.53. The Morgan fingerprint density at radius 2 is 2.09 bits per heavy atom. The third-order valence-corrected chi connectivity index (χ3v) is 5.63. The molecule has 11 heteroatoms. The molecule has 2 aromatic heterocycles. The molecule has 4 rings (SSSR count). The Morgan fingerprint density at radius 3 is 2.75 bits per heavy atom. The van der Waals surface area contributed by atoms with Crippen LogP contribution >= 0.6 is 11.6 Å². The molecule has 1 N–H and O–H groups in total. The zero-order valence-corrected chi connectivity index (χ0v) is 18.2. The standard InChI is InChI=1S/C21H20ClF2N5O3/c1-30-14-4-3-13(16(22)18(14)31-2)17-15-12(9-25)10-26-19(15)28-20(27-17)32-8-7-29-6-5-21(23,24)11-29/h3-4,10H,5-8,11H2,1-2H3,(H,26,27,28). The smallest absolute Gasteiger partial charge is 0.319 e. The van der Waals surface area contributed by atoms with Crippen molar-refractivity contribution in [3.05, 3.63) is 28.9 Å². The van der Waals surface area contributed by atoms with Gasteiger partial charge in [-0.3, -0.25) is 4.90 Å². The first-order valence-corrected chi connectivity index (χ1v) is 10.2. The Labute approximate surface area is 187 Å². The number of fused-ring (bicyclic) bond motifs is 1. The van der Waals surface area contributed by atoms with Crippen LogP contribution in [0.3, 0.4) is 0 Å². The number of halogens is 3. The van der Waals surface area contributed by atoms with Crippen molar-refractivity contribution in [1.82, 2.24) is 19.9 Å². The molecule has 1 aliphatic heterocycles. The maximum atomic E-state index is 13.4. The number of likely N-dealkylation sites (tertiary alicyclic amines) is 1. The van der Waals surface area contributed by atoms with Gasteiger partial charge in [0, 0.05) is 31.3 Å². The molecular formula is C21H20ClF2N5O3. The van der Waals surface area contributed by atoms with E-state index in [0.29, 0.717) is 52.4 Å². The van der Waals surface area contributed by atoms with Crippen LogP contribution in [0.1, 0.15) is 12.0 Å². The second kappa shape index (κ2) is 8.76. The number of nitrogens with zero attached hydrogens (tertiary/aromatic N) is 4. The predicted octanol–water partition coefficient (Wildman–Crippen LogP) is 3.89. The van der Waals surface area contributed by atoms with Gasteiger partial charge in [-0.25, -0.2) is 8.78 Å². The molecule has 3 aromatic rings. The summed E-state index contributed by atoms with van der Waals surface area (Å²) in [6.45, 7) is 0.472. The van der Waals surface area contributed by atoms with Gasteiger partial charge in [0.25, 0.3) is 5.92 Å². The summed E-state index contributed by atoms with van der Waals surface area (Å²) in [5.41, 5.74) is 1.60. The van der Waals surface area contributed by atoms with Gasteiger partial charge in [-0.1, -0.05) is 11.6 Å². The number of H-pyrrole nitrogens is 1. The summed E-state index contributed by atoms with van der Waals surface area (Å²) in [5, 5.41) is 10.3. The third-order valence-electron chi connectivity index (χ3n) is 5.26. The van der Waals surface area contributed by atoms with Gasteiger partial charge in [-0.05, 0) is 12.1 Å². The van der Waals surface area contributed by atoms with Crippen molar-refractivity contribution in [3.63, 3.8) is 0 Å². The van der Waals surface area contributed by atoms with Crippen molar-refractivity contribution in [2.24, 2.45) is 0 Å². The zero-order chi connectivity index (χ0) is 22.9. The van der Waals surface area contributed by atoms with E-state index in [1.807, 2.05) is 0 Å². The molecule has 1 aromatic carbocycles. The Bertz CT molecular complexity index is 1190. The number of rotatable bonds is 7. The van der Waals surface area contributed by atoms with Gasteiger partial charge in [0.05, 0.1) is 42.4 Å². The second-order valence-corrected chi connectivity index (χ2v) is 7.66. The molecule has 8 nitrogen and oxygen atoms in total. The van der Waals surface area contributed by atoms with Crippen molar-refractivity contribution in [2.75, 3.05) is 40.5 Å². The Hall–Kier alpha value is -3.16. The first-order valence-electron chi connectivity index (χ1n) is 9.80. The van der Waals surface area contributed by atoms with E-state index in [1.54, 1.807) is 17.0 Å². The topological polar surface area (TPSA) is 96.3 Å². The molecule has 3 heterocycles. The van der Waals surface area contributed by atoms with Crippen molar-refractivity contribution >= 4 is 22.6 Å². The molecule has 1 saturated heterocycles. The summed E-state index contributed by atoms with van der Waals surface area (Å²) in [4.78, 5) is 13.4. The molecule has 32 heavy (non-hydrogen) atoms. The van der Waals surface area contributed by atoms with Crippen LogP contribution < -0.4 is 14.2 Å². The highest BCUT2D eigenvalue weighted by Crippen LogP contribution is 2.43. The summed E-state index contributed by atoms with van der Waals surface area (Å²) < 4.78 is 43.1. The summed E-state index contributed by atoms with van der Waals surface area (Å²) >= 11 is 6.58. The number of hydrogen-bond acceptors (Lipinski definition) is 7. The molecular weight excluding hydrogens is 444 g/mol. The van der Waals surface area contributed by atoms with Crippen molar-refractivity contribution < 1.29 is 23.0 Å². The first-order chi connectivity index (χ1) is 15.4. The van der Waals surface area contributed by atoms with Crippen LogP contribution in [0.4, 0.5) is 8.78 Å². The largest absolute Gasteiger partial charge is 0.493 e. The minimum absolute atomic E-state index is 0.0376. The number of ether oxygens (including phenoxy) is 3. The van der Waals surface area contributed by atoms with Crippen LogP contribution in [0.15, 0.2) is 18.3 Å². The van der Waals surface area contributed by atoms with Gasteiger partial charge in [-0.15, -0.1) is 0 Å². The van der Waals surface area contributed by atoms with Gasteiger partial charge >= 0.3 is 6.01 Å². The van der Waals surface area contributed by atoms with E-state index in [2.05, 4.69) is 21.0 Å². The molecule has 0 unspecified atom stereocenters. The van der Waals surface area contributed by atoms with Crippen molar-refractivity contribution in [3.8, 4) is 34.8 Å². The maximum Gasteiger partial charge on any atom is 0.319 e. The maximum absolute atomic E-state index is 13.4. The molecule has 0 bridgehead atoms. The van der Waals surface area contributed by atoms with E-state index in [-0.39, 0.29) is 30.6 Å². The lowest BCUT2D eigenvalue weighted by Crippen LogP contribution is -2.29. The SMILES string of the molecule is COc1ccc(-c2nc(OCCN3CCC(F)(F)C3)nc3[nH]cc(C#N)c23)c(Cl)c1OC. The molecule has 0 saturated carbocycles. The minimum atomic E-state index is -2.66. The summed E-state index contributed by atoms with van der Waals surface area (Å²) in [7, 11) is 2.97. The lowest BCUT2D eigenvalue weighted by Gasteiger charge is -2.16. The predicted molar refractivity (Wildman–Crippen MR) is 114 cm³/mol. The monoisotopic (exact) mass is 463 g/mol.